The van der Waals surface area contributed by atoms with Gasteiger partial charge in [-0.05, 0) is 29.8 Å². The fraction of sp³-hybridized carbons (Fsp3) is 0.111. The van der Waals surface area contributed by atoms with Crippen molar-refractivity contribution in [1.29, 1.82) is 0 Å². The van der Waals surface area contributed by atoms with Crippen LogP contribution in [0.3, 0.4) is 0 Å². The van der Waals surface area contributed by atoms with Crippen LogP contribution in [0.5, 0.6) is 5.75 Å². The van der Waals surface area contributed by atoms with Crippen LogP contribution < -0.4 is 10.5 Å². The maximum atomic E-state index is 6.06. The SMILES string of the molecule is COc1cccc(Cc2cnc3c(N)nc4ccccc4n23)c1. The first-order valence-electron chi connectivity index (χ1n) is 7.40. The minimum atomic E-state index is 0.445. The number of rotatable bonds is 3. The van der Waals surface area contributed by atoms with E-state index in [1.54, 1.807) is 7.11 Å². The minimum absolute atomic E-state index is 0.445. The van der Waals surface area contributed by atoms with Crippen LogP contribution in [0.25, 0.3) is 16.7 Å². The molecule has 0 aliphatic rings. The highest BCUT2D eigenvalue weighted by Crippen LogP contribution is 2.23. The summed E-state index contributed by atoms with van der Waals surface area (Å²) in [5, 5.41) is 0. The fourth-order valence-electron chi connectivity index (χ4n) is 2.88. The molecule has 0 amide bonds. The van der Waals surface area contributed by atoms with Gasteiger partial charge in [-0.1, -0.05) is 24.3 Å². The van der Waals surface area contributed by atoms with Gasteiger partial charge in [-0.25, -0.2) is 9.97 Å². The highest BCUT2D eigenvalue weighted by molar-refractivity contribution is 5.82. The van der Waals surface area contributed by atoms with Crippen molar-refractivity contribution in [2.75, 3.05) is 12.8 Å². The third kappa shape index (κ3) is 2.26. The van der Waals surface area contributed by atoms with E-state index in [1.165, 1.54) is 0 Å². The summed E-state index contributed by atoms with van der Waals surface area (Å²) in [6.45, 7) is 0. The summed E-state index contributed by atoms with van der Waals surface area (Å²) >= 11 is 0. The van der Waals surface area contributed by atoms with Crippen molar-refractivity contribution in [2.45, 2.75) is 6.42 Å². The van der Waals surface area contributed by atoms with Gasteiger partial charge >= 0.3 is 0 Å². The first-order valence-corrected chi connectivity index (χ1v) is 7.40. The number of nitrogen functional groups attached to an aromatic ring is 1. The summed E-state index contributed by atoms with van der Waals surface area (Å²) in [7, 11) is 1.67. The molecule has 0 aliphatic carbocycles. The fourth-order valence-corrected chi connectivity index (χ4v) is 2.88. The van der Waals surface area contributed by atoms with Gasteiger partial charge in [0, 0.05) is 18.3 Å². The van der Waals surface area contributed by atoms with Gasteiger partial charge in [-0.3, -0.25) is 4.40 Å². The van der Waals surface area contributed by atoms with E-state index in [9.17, 15) is 0 Å². The van der Waals surface area contributed by atoms with Crippen LogP contribution in [0.1, 0.15) is 11.3 Å². The van der Waals surface area contributed by atoms with Crippen molar-refractivity contribution in [1.82, 2.24) is 14.4 Å². The van der Waals surface area contributed by atoms with Crippen molar-refractivity contribution < 1.29 is 4.74 Å². The van der Waals surface area contributed by atoms with Crippen LogP contribution in [-0.4, -0.2) is 21.5 Å². The highest BCUT2D eigenvalue weighted by Gasteiger charge is 2.12. The molecule has 0 radical (unpaired) electrons. The Morgan fingerprint density at radius 1 is 1.13 bits per heavy atom. The van der Waals surface area contributed by atoms with Crippen LogP contribution in [-0.2, 0) is 6.42 Å². The van der Waals surface area contributed by atoms with Crippen molar-refractivity contribution in [2.24, 2.45) is 0 Å². The Bertz CT molecular complexity index is 1010. The molecule has 114 valence electrons. The second-order valence-electron chi connectivity index (χ2n) is 5.42. The molecule has 2 heterocycles. The number of benzene rings is 2. The summed E-state index contributed by atoms with van der Waals surface area (Å²) in [5.41, 5.74) is 10.9. The molecule has 0 atom stereocenters. The van der Waals surface area contributed by atoms with E-state index in [-0.39, 0.29) is 0 Å². The molecule has 0 bridgehead atoms. The molecule has 0 aliphatic heterocycles. The average molecular weight is 304 g/mol. The largest absolute Gasteiger partial charge is 0.497 e. The predicted molar refractivity (Wildman–Crippen MR) is 90.7 cm³/mol. The van der Waals surface area contributed by atoms with E-state index in [4.69, 9.17) is 10.5 Å². The number of ether oxygens (including phenoxy) is 1. The summed E-state index contributed by atoms with van der Waals surface area (Å²) < 4.78 is 7.38. The zero-order valence-electron chi connectivity index (χ0n) is 12.7. The standard InChI is InChI=1S/C18H16N4O/c1-23-14-6-4-5-12(10-14)9-13-11-20-18-17(19)21-15-7-2-3-8-16(15)22(13)18/h2-8,10-11H,9H2,1H3,(H2,19,21). The molecule has 0 spiro atoms. The summed E-state index contributed by atoms with van der Waals surface area (Å²) in [6.07, 6.45) is 2.60. The van der Waals surface area contributed by atoms with Gasteiger partial charge in [0.2, 0.25) is 0 Å². The zero-order valence-corrected chi connectivity index (χ0v) is 12.7. The normalized spacial score (nSPS) is 11.2. The lowest BCUT2D eigenvalue weighted by atomic mass is 10.1. The van der Waals surface area contributed by atoms with Crippen molar-refractivity contribution in [3.8, 4) is 5.75 Å². The van der Waals surface area contributed by atoms with Crippen LogP contribution in [0.4, 0.5) is 5.82 Å². The van der Waals surface area contributed by atoms with Crippen molar-refractivity contribution in [3.05, 3.63) is 66.0 Å². The predicted octanol–water partition coefficient (Wildman–Crippen LogP) is 3.06. The number of nitrogens with zero attached hydrogens (tertiary/aromatic N) is 3. The van der Waals surface area contributed by atoms with Gasteiger partial charge in [0.25, 0.3) is 0 Å². The molecule has 23 heavy (non-hydrogen) atoms. The van der Waals surface area contributed by atoms with E-state index >= 15 is 0 Å². The lowest BCUT2D eigenvalue weighted by Crippen LogP contribution is -2.02. The molecule has 5 nitrogen and oxygen atoms in total. The molecule has 2 N–H and O–H groups in total. The second-order valence-corrected chi connectivity index (χ2v) is 5.42. The zero-order chi connectivity index (χ0) is 15.8. The number of nitrogens with two attached hydrogens (primary N) is 1. The van der Waals surface area contributed by atoms with Gasteiger partial charge in [-0.15, -0.1) is 0 Å². The number of hydrogen-bond acceptors (Lipinski definition) is 4. The van der Waals surface area contributed by atoms with E-state index < -0.39 is 0 Å². The van der Waals surface area contributed by atoms with E-state index in [0.29, 0.717) is 11.5 Å². The molecule has 4 rings (SSSR count). The number of anilines is 1. The van der Waals surface area contributed by atoms with E-state index in [0.717, 1.165) is 34.5 Å². The number of para-hydroxylation sites is 2. The lowest BCUT2D eigenvalue weighted by Gasteiger charge is -2.08. The third-order valence-electron chi connectivity index (χ3n) is 3.95. The topological polar surface area (TPSA) is 65.4 Å². The number of hydrogen-bond donors (Lipinski definition) is 1. The van der Waals surface area contributed by atoms with Crippen LogP contribution >= 0.6 is 0 Å². The number of methoxy groups -OCH3 is 1. The van der Waals surface area contributed by atoms with Gasteiger partial charge in [0.1, 0.15) is 5.75 Å². The first-order chi connectivity index (χ1) is 11.3. The molecule has 2 aromatic carbocycles. The van der Waals surface area contributed by atoms with Gasteiger partial charge < -0.3 is 10.5 Å². The Kier molecular flexibility index (Phi) is 3.12. The smallest absolute Gasteiger partial charge is 0.180 e. The Morgan fingerprint density at radius 3 is 2.87 bits per heavy atom. The van der Waals surface area contributed by atoms with E-state index in [1.807, 2.05) is 48.7 Å². The molecule has 0 saturated carbocycles. The summed E-state index contributed by atoms with van der Waals surface area (Å²) in [4.78, 5) is 8.88. The molecule has 0 fully saturated rings. The second kappa shape index (κ2) is 5.28. The summed E-state index contributed by atoms with van der Waals surface area (Å²) in [6, 6.07) is 16.0. The molecular weight excluding hydrogens is 288 g/mol. The maximum absolute atomic E-state index is 6.06. The van der Waals surface area contributed by atoms with Crippen LogP contribution in [0.2, 0.25) is 0 Å². The number of aromatic nitrogens is 3. The number of imidazole rings is 1. The average Bonchev–Trinajstić information content (AvgIpc) is 3.00. The Balaban J connectivity index is 1.90. The minimum Gasteiger partial charge on any atom is -0.497 e. The third-order valence-corrected chi connectivity index (χ3v) is 3.95. The van der Waals surface area contributed by atoms with E-state index in [2.05, 4.69) is 20.4 Å². The summed E-state index contributed by atoms with van der Waals surface area (Å²) in [5.74, 6) is 1.29. The lowest BCUT2D eigenvalue weighted by molar-refractivity contribution is 0.414. The Labute approximate surface area is 133 Å². The molecule has 0 unspecified atom stereocenters. The van der Waals surface area contributed by atoms with Crippen molar-refractivity contribution in [3.63, 3.8) is 0 Å². The van der Waals surface area contributed by atoms with Gasteiger partial charge in [0.15, 0.2) is 11.5 Å². The molecule has 0 saturated heterocycles. The molecule has 2 aromatic heterocycles. The van der Waals surface area contributed by atoms with Crippen molar-refractivity contribution >= 4 is 22.5 Å². The van der Waals surface area contributed by atoms with Gasteiger partial charge in [0.05, 0.1) is 18.1 Å². The van der Waals surface area contributed by atoms with Crippen LogP contribution in [0, 0.1) is 0 Å². The first kappa shape index (κ1) is 13.6. The molecule has 4 aromatic rings. The Morgan fingerprint density at radius 2 is 2.00 bits per heavy atom. The molecular formula is C18H16N4O. The maximum Gasteiger partial charge on any atom is 0.180 e. The number of fused-ring (bicyclic) bond motifs is 3. The quantitative estimate of drug-likeness (QED) is 0.632. The molecule has 5 heteroatoms. The van der Waals surface area contributed by atoms with Crippen LogP contribution in [0.15, 0.2) is 54.7 Å². The monoisotopic (exact) mass is 304 g/mol. The highest BCUT2D eigenvalue weighted by atomic mass is 16.5. The Hall–Kier alpha value is -3.08. The van der Waals surface area contributed by atoms with Gasteiger partial charge in [-0.2, -0.15) is 0 Å².